The third-order valence-corrected chi connectivity index (χ3v) is 6.32. The minimum Gasteiger partial charge on any atom is -0.325 e. The molecule has 1 amide bonds. The van der Waals surface area contributed by atoms with Gasteiger partial charge in [-0.15, -0.1) is 0 Å². The van der Waals surface area contributed by atoms with Gasteiger partial charge in [0, 0.05) is 16.2 Å². The third-order valence-electron chi connectivity index (χ3n) is 6.07. The Labute approximate surface area is 143 Å². The van der Waals surface area contributed by atoms with Gasteiger partial charge in [-0.2, -0.15) is 0 Å². The van der Waals surface area contributed by atoms with Crippen LogP contribution in [-0.4, -0.2) is 17.5 Å². The van der Waals surface area contributed by atoms with Crippen molar-refractivity contribution in [1.29, 1.82) is 0 Å². The SMILES string of the molecule is C[C@H](NC12CC3CC(CC(C3)C1)C2)C(=O)Nc1ccc(Cl)cc1. The van der Waals surface area contributed by atoms with Crippen LogP contribution in [0.15, 0.2) is 24.3 Å². The lowest BCUT2D eigenvalue weighted by Crippen LogP contribution is -2.62. The topological polar surface area (TPSA) is 41.1 Å². The van der Waals surface area contributed by atoms with Crippen LogP contribution in [0.5, 0.6) is 0 Å². The molecule has 0 heterocycles. The van der Waals surface area contributed by atoms with Gasteiger partial charge in [0.2, 0.25) is 5.91 Å². The molecule has 0 aliphatic heterocycles. The van der Waals surface area contributed by atoms with Gasteiger partial charge in [0.1, 0.15) is 0 Å². The number of rotatable bonds is 4. The van der Waals surface area contributed by atoms with Gasteiger partial charge in [-0.05, 0) is 87.5 Å². The van der Waals surface area contributed by atoms with E-state index in [4.69, 9.17) is 11.6 Å². The summed E-state index contributed by atoms with van der Waals surface area (Å²) in [6, 6.07) is 7.12. The normalized spacial score (nSPS) is 36.0. The molecule has 2 N–H and O–H groups in total. The van der Waals surface area contributed by atoms with Crippen LogP contribution in [0.2, 0.25) is 5.02 Å². The lowest BCUT2D eigenvalue weighted by molar-refractivity contribution is -0.119. The van der Waals surface area contributed by atoms with Crippen LogP contribution in [0.4, 0.5) is 5.69 Å². The van der Waals surface area contributed by atoms with Gasteiger partial charge in [-0.3, -0.25) is 4.79 Å². The molecule has 124 valence electrons. The smallest absolute Gasteiger partial charge is 0.241 e. The molecule has 4 saturated carbocycles. The van der Waals surface area contributed by atoms with Gasteiger partial charge >= 0.3 is 0 Å². The van der Waals surface area contributed by atoms with Crippen molar-refractivity contribution in [2.75, 3.05) is 5.32 Å². The van der Waals surface area contributed by atoms with Crippen molar-refractivity contribution < 1.29 is 4.79 Å². The van der Waals surface area contributed by atoms with Crippen LogP contribution in [0.1, 0.15) is 45.4 Å². The largest absolute Gasteiger partial charge is 0.325 e. The summed E-state index contributed by atoms with van der Waals surface area (Å²) >= 11 is 5.89. The molecule has 1 aromatic carbocycles. The van der Waals surface area contributed by atoms with Gasteiger partial charge in [0.05, 0.1) is 6.04 Å². The highest BCUT2D eigenvalue weighted by Crippen LogP contribution is 2.55. The summed E-state index contributed by atoms with van der Waals surface area (Å²) in [6.07, 6.45) is 8.05. The number of carbonyl (C=O) groups is 1. The van der Waals surface area contributed by atoms with E-state index in [1.165, 1.54) is 38.5 Å². The summed E-state index contributed by atoms with van der Waals surface area (Å²) in [5.74, 6) is 2.71. The Bertz CT molecular complexity index is 563. The van der Waals surface area contributed by atoms with Gasteiger partial charge in [0.15, 0.2) is 0 Å². The molecule has 0 saturated heterocycles. The first kappa shape index (κ1) is 15.5. The number of nitrogens with one attached hydrogen (secondary N) is 2. The van der Waals surface area contributed by atoms with Crippen LogP contribution in [0.25, 0.3) is 0 Å². The predicted molar refractivity (Wildman–Crippen MR) is 93.6 cm³/mol. The average Bonchev–Trinajstić information content (AvgIpc) is 2.47. The molecular weight excluding hydrogens is 308 g/mol. The van der Waals surface area contributed by atoms with E-state index in [1.54, 1.807) is 12.1 Å². The van der Waals surface area contributed by atoms with Crippen molar-refractivity contribution in [1.82, 2.24) is 5.32 Å². The molecule has 4 aliphatic carbocycles. The minimum atomic E-state index is -0.165. The molecule has 5 rings (SSSR count). The molecule has 1 aromatic rings. The Morgan fingerprint density at radius 3 is 2.13 bits per heavy atom. The molecular formula is C19H25ClN2O. The van der Waals surface area contributed by atoms with Crippen molar-refractivity contribution in [3.05, 3.63) is 29.3 Å². The van der Waals surface area contributed by atoms with E-state index in [0.717, 1.165) is 23.4 Å². The Kier molecular flexibility index (Phi) is 3.89. The lowest BCUT2D eigenvalue weighted by Gasteiger charge is -2.57. The first-order valence-electron chi connectivity index (χ1n) is 8.85. The molecule has 0 aromatic heterocycles. The van der Waals surface area contributed by atoms with Gasteiger partial charge in [-0.25, -0.2) is 0 Å². The molecule has 0 spiro atoms. The lowest BCUT2D eigenvalue weighted by atomic mass is 9.53. The molecule has 0 radical (unpaired) electrons. The van der Waals surface area contributed by atoms with Crippen molar-refractivity contribution >= 4 is 23.2 Å². The molecule has 4 fully saturated rings. The Morgan fingerprint density at radius 1 is 1.09 bits per heavy atom. The second kappa shape index (κ2) is 5.78. The highest BCUT2D eigenvalue weighted by atomic mass is 35.5. The van der Waals surface area contributed by atoms with Crippen LogP contribution in [0.3, 0.4) is 0 Å². The zero-order valence-electron chi connectivity index (χ0n) is 13.6. The van der Waals surface area contributed by atoms with E-state index >= 15 is 0 Å². The van der Waals surface area contributed by atoms with Crippen molar-refractivity contribution in [2.45, 2.75) is 57.0 Å². The van der Waals surface area contributed by atoms with Gasteiger partial charge in [0.25, 0.3) is 0 Å². The summed E-state index contributed by atoms with van der Waals surface area (Å²) in [4.78, 5) is 12.5. The quantitative estimate of drug-likeness (QED) is 0.866. The molecule has 1 atom stereocenters. The summed E-state index contributed by atoms with van der Waals surface area (Å²) in [6.45, 7) is 1.99. The fourth-order valence-electron chi connectivity index (χ4n) is 5.60. The fraction of sp³-hybridized carbons (Fsp3) is 0.632. The number of hydrogen-bond donors (Lipinski definition) is 2. The maximum Gasteiger partial charge on any atom is 0.241 e. The summed E-state index contributed by atoms with van der Waals surface area (Å²) < 4.78 is 0. The average molecular weight is 333 g/mol. The highest BCUT2D eigenvalue weighted by molar-refractivity contribution is 6.30. The van der Waals surface area contributed by atoms with Crippen LogP contribution in [0, 0.1) is 17.8 Å². The monoisotopic (exact) mass is 332 g/mol. The Balaban J connectivity index is 1.40. The van der Waals surface area contributed by atoms with Crippen molar-refractivity contribution in [2.24, 2.45) is 17.8 Å². The number of benzene rings is 1. The maximum atomic E-state index is 12.5. The molecule has 3 nitrogen and oxygen atoms in total. The standard InChI is InChI=1S/C19H25ClN2O/c1-12(18(23)21-17-4-2-16(20)3-5-17)22-19-9-13-6-14(10-19)8-15(7-13)11-19/h2-5,12-15,22H,6-11H2,1H3,(H,21,23)/t12-,13?,14?,15?,19?/m0/s1. The van der Waals surface area contributed by atoms with Gasteiger partial charge in [-0.1, -0.05) is 11.6 Å². The van der Waals surface area contributed by atoms with Crippen molar-refractivity contribution in [3.63, 3.8) is 0 Å². The first-order valence-corrected chi connectivity index (χ1v) is 9.23. The molecule has 4 bridgehead atoms. The number of hydrogen-bond acceptors (Lipinski definition) is 2. The molecule has 4 aliphatic rings. The van der Waals surface area contributed by atoms with E-state index in [9.17, 15) is 4.79 Å². The second-order valence-electron chi connectivity index (χ2n) is 8.06. The summed E-state index contributed by atoms with van der Waals surface area (Å²) in [5, 5.41) is 7.39. The van der Waals surface area contributed by atoms with Crippen LogP contribution < -0.4 is 10.6 Å². The van der Waals surface area contributed by atoms with E-state index in [1.807, 2.05) is 19.1 Å². The first-order chi connectivity index (χ1) is 11.0. The van der Waals surface area contributed by atoms with E-state index in [0.29, 0.717) is 5.02 Å². The number of amides is 1. The number of anilines is 1. The van der Waals surface area contributed by atoms with E-state index in [-0.39, 0.29) is 17.5 Å². The fourth-order valence-corrected chi connectivity index (χ4v) is 5.72. The zero-order valence-corrected chi connectivity index (χ0v) is 14.4. The van der Waals surface area contributed by atoms with Crippen molar-refractivity contribution in [3.8, 4) is 0 Å². The molecule has 0 unspecified atom stereocenters. The third kappa shape index (κ3) is 3.14. The molecule has 23 heavy (non-hydrogen) atoms. The number of halogens is 1. The highest BCUT2D eigenvalue weighted by Gasteiger charge is 2.51. The zero-order chi connectivity index (χ0) is 16.0. The van der Waals surface area contributed by atoms with Crippen LogP contribution >= 0.6 is 11.6 Å². The van der Waals surface area contributed by atoms with Crippen LogP contribution in [-0.2, 0) is 4.79 Å². The summed E-state index contributed by atoms with van der Waals surface area (Å²) in [5.41, 5.74) is 1.02. The minimum absolute atomic E-state index is 0.0445. The molecule has 4 heteroatoms. The number of carbonyl (C=O) groups excluding carboxylic acids is 1. The summed E-state index contributed by atoms with van der Waals surface area (Å²) in [7, 11) is 0. The maximum absolute atomic E-state index is 12.5. The predicted octanol–water partition coefficient (Wildman–Crippen LogP) is 4.23. The van der Waals surface area contributed by atoms with Gasteiger partial charge < -0.3 is 10.6 Å². The van der Waals surface area contributed by atoms with E-state index < -0.39 is 0 Å². The Hall–Kier alpha value is -1.06. The van der Waals surface area contributed by atoms with E-state index in [2.05, 4.69) is 10.6 Å². The Morgan fingerprint density at radius 2 is 1.61 bits per heavy atom. The second-order valence-corrected chi connectivity index (χ2v) is 8.50.